The number of nitrogens with zero attached hydrogens (tertiary/aromatic N) is 4. The number of rotatable bonds is 8. The molecule has 0 spiro atoms. The standard InChI is InChI=1S/C22H27FN6O5S/c23-19-15(13-34-22(30)28-20(24)25)2-1-3-18(19)16-10-26-21(27-11-16)33-12-14-6-8-29(9-7-14)35(31,32)17-4-5-17/h1-3,10-11,14,17H,4-9,12-13H2,(H4,24,25,28,30). The normalized spacial score (nSPS) is 17.1. The first-order valence-corrected chi connectivity index (χ1v) is 12.7. The predicted octanol–water partition coefficient (Wildman–Crippen LogP) is 1.78. The highest BCUT2D eigenvalue weighted by Crippen LogP contribution is 2.33. The van der Waals surface area contributed by atoms with Crippen molar-refractivity contribution in [3.63, 3.8) is 0 Å². The lowest BCUT2D eigenvalue weighted by Crippen LogP contribution is -2.41. The summed E-state index contributed by atoms with van der Waals surface area (Å²) in [6.07, 6.45) is 4.84. The molecule has 1 aromatic heterocycles. The summed E-state index contributed by atoms with van der Waals surface area (Å²) in [6.45, 7) is 1.03. The van der Waals surface area contributed by atoms with Crippen molar-refractivity contribution in [3.8, 4) is 17.1 Å². The third-order valence-electron chi connectivity index (χ3n) is 5.92. The van der Waals surface area contributed by atoms with Crippen molar-refractivity contribution in [1.29, 1.82) is 0 Å². The van der Waals surface area contributed by atoms with Crippen LogP contribution in [0, 0.1) is 11.7 Å². The molecular weight excluding hydrogens is 479 g/mol. The van der Waals surface area contributed by atoms with Gasteiger partial charge in [0.15, 0.2) is 5.96 Å². The van der Waals surface area contributed by atoms with Gasteiger partial charge in [-0.25, -0.2) is 31.9 Å². The second kappa shape index (κ2) is 10.5. The zero-order chi connectivity index (χ0) is 25.0. The van der Waals surface area contributed by atoms with Crippen molar-refractivity contribution >= 4 is 22.1 Å². The highest BCUT2D eigenvalue weighted by atomic mass is 32.2. The van der Waals surface area contributed by atoms with Gasteiger partial charge >= 0.3 is 12.1 Å². The molecule has 4 rings (SSSR count). The minimum absolute atomic E-state index is 0.136. The average molecular weight is 507 g/mol. The van der Waals surface area contributed by atoms with Gasteiger partial charge in [-0.15, -0.1) is 4.99 Å². The Bertz CT molecular complexity index is 1190. The van der Waals surface area contributed by atoms with E-state index in [4.69, 9.17) is 20.9 Å². The average Bonchev–Trinajstić information content (AvgIpc) is 3.69. The van der Waals surface area contributed by atoms with Crippen LogP contribution >= 0.6 is 0 Å². The monoisotopic (exact) mass is 506 g/mol. The van der Waals surface area contributed by atoms with Crippen LogP contribution in [0.5, 0.6) is 6.01 Å². The van der Waals surface area contributed by atoms with Gasteiger partial charge in [-0.2, -0.15) is 0 Å². The van der Waals surface area contributed by atoms with Gasteiger partial charge in [0.25, 0.3) is 0 Å². The molecule has 1 aromatic carbocycles. The van der Waals surface area contributed by atoms with Gasteiger partial charge in [-0.1, -0.05) is 18.2 Å². The van der Waals surface area contributed by atoms with Gasteiger partial charge in [0.1, 0.15) is 12.4 Å². The molecule has 188 valence electrons. The van der Waals surface area contributed by atoms with Crippen molar-refractivity contribution in [2.24, 2.45) is 22.4 Å². The van der Waals surface area contributed by atoms with Gasteiger partial charge in [0.05, 0.1) is 11.9 Å². The molecule has 0 unspecified atom stereocenters. The Balaban J connectivity index is 1.30. The SMILES string of the molecule is NC(N)=NC(=O)OCc1cccc(-c2cnc(OCC3CCN(S(=O)(=O)C4CC4)CC3)nc2)c1F. The summed E-state index contributed by atoms with van der Waals surface area (Å²) in [4.78, 5) is 23.0. The third kappa shape index (κ3) is 6.22. The van der Waals surface area contributed by atoms with Crippen LogP contribution in [0.15, 0.2) is 35.6 Å². The molecule has 0 bridgehead atoms. The summed E-state index contributed by atoms with van der Waals surface area (Å²) in [6, 6.07) is 4.80. The number of amides is 1. The summed E-state index contributed by atoms with van der Waals surface area (Å²) in [5.74, 6) is -0.828. The molecule has 2 aliphatic rings. The highest BCUT2D eigenvalue weighted by molar-refractivity contribution is 7.90. The predicted molar refractivity (Wildman–Crippen MR) is 125 cm³/mol. The fourth-order valence-electron chi connectivity index (χ4n) is 3.82. The number of benzene rings is 1. The maximum Gasteiger partial charge on any atom is 0.437 e. The number of halogens is 1. The molecule has 1 aliphatic carbocycles. The molecule has 2 heterocycles. The Morgan fingerprint density at radius 2 is 1.83 bits per heavy atom. The topological polar surface area (TPSA) is 163 Å². The van der Waals surface area contributed by atoms with Crippen molar-refractivity contribution in [3.05, 3.63) is 42.0 Å². The minimum Gasteiger partial charge on any atom is -0.463 e. The maximum absolute atomic E-state index is 14.9. The van der Waals surface area contributed by atoms with Crippen LogP contribution in [-0.4, -0.2) is 59.7 Å². The van der Waals surface area contributed by atoms with E-state index in [0.29, 0.717) is 25.3 Å². The second-order valence-corrected chi connectivity index (χ2v) is 10.7. The number of ether oxygens (including phenoxy) is 2. The number of aliphatic imine (C=N–C) groups is 1. The van der Waals surface area contributed by atoms with Gasteiger partial charge < -0.3 is 20.9 Å². The van der Waals surface area contributed by atoms with E-state index in [1.54, 1.807) is 16.4 Å². The Hall–Kier alpha value is -3.32. The Kier molecular flexibility index (Phi) is 7.45. The summed E-state index contributed by atoms with van der Waals surface area (Å²) < 4.78 is 51.7. The molecule has 13 heteroatoms. The van der Waals surface area contributed by atoms with Crippen LogP contribution in [0.1, 0.15) is 31.2 Å². The molecular formula is C22H27FN6O5S. The molecule has 2 fully saturated rings. The lowest BCUT2D eigenvalue weighted by Gasteiger charge is -2.30. The number of hydrogen-bond acceptors (Lipinski definition) is 7. The number of guanidine groups is 1. The number of carbonyl (C=O) groups is 1. The maximum atomic E-state index is 14.9. The molecule has 1 saturated carbocycles. The molecule has 1 aliphatic heterocycles. The van der Waals surface area contributed by atoms with E-state index >= 15 is 0 Å². The van der Waals surface area contributed by atoms with E-state index in [1.165, 1.54) is 18.5 Å². The largest absolute Gasteiger partial charge is 0.463 e. The summed E-state index contributed by atoms with van der Waals surface area (Å²) >= 11 is 0. The Morgan fingerprint density at radius 3 is 2.46 bits per heavy atom. The zero-order valence-corrected chi connectivity index (χ0v) is 19.8. The summed E-state index contributed by atoms with van der Waals surface area (Å²) in [7, 11) is -3.13. The quantitative estimate of drug-likeness (QED) is 0.401. The Morgan fingerprint density at radius 1 is 1.14 bits per heavy atom. The van der Waals surface area contributed by atoms with E-state index in [2.05, 4.69) is 15.0 Å². The van der Waals surface area contributed by atoms with Crippen LogP contribution in [0.25, 0.3) is 11.1 Å². The molecule has 0 radical (unpaired) electrons. The van der Waals surface area contributed by atoms with Gasteiger partial charge in [-0.05, 0) is 31.6 Å². The summed E-state index contributed by atoms with van der Waals surface area (Å²) in [5, 5.41) is -0.188. The van der Waals surface area contributed by atoms with Crippen LogP contribution in [0.4, 0.5) is 9.18 Å². The number of aromatic nitrogens is 2. The van der Waals surface area contributed by atoms with Crippen molar-refractivity contribution < 1.29 is 27.1 Å². The highest BCUT2D eigenvalue weighted by Gasteiger charge is 2.41. The first kappa shape index (κ1) is 24.8. The fourth-order valence-corrected chi connectivity index (χ4v) is 5.69. The Labute approximate surface area is 202 Å². The van der Waals surface area contributed by atoms with Gasteiger partial charge in [0.2, 0.25) is 10.0 Å². The van der Waals surface area contributed by atoms with Crippen LogP contribution in [0.3, 0.4) is 0 Å². The van der Waals surface area contributed by atoms with Gasteiger partial charge in [0, 0.05) is 42.2 Å². The number of piperidine rings is 1. The molecule has 1 saturated heterocycles. The first-order valence-electron chi connectivity index (χ1n) is 11.2. The van der Waals surface area contributed by atoms with Crippen molar-refractivity contribution in [1.82, 2.24) is 14.3 Å². The number of sulfonamides is 1. The van der Waals surface area contributed by atoms with Crippen LogP contribution in [-0.2, 0) is 21.4 Å². The second-order valence-electron chi connectivity index (χ2n) is 8.52. The van der Waals surface area contributed by atoms with Crippen molar-refractivity contribution in [2.45, 2.75) is 37.5 Å². The molecule has 4 N–H and O–H groups in total. The van der Waals surface area contributed by atoms with E-state index in [0.717, 1.165) is 25.7 Å². The summed E-state index contributed by atoms with van der Waals surface area (Å²) in [5.41, 5.74) is 11.0. The molecule has 1 amide bonds. The molecule has 35 heavy (non-hydrogen) atoms. The van der Waals surface area contributed by atoms with Crippen LogP contribution in [0.2, 0.25) is 0 Å². The van der Waals surface area contributed by atoms with E-state index in [-0.39, 0.29) is 34.9 Å². The molecule has 0 atom stereocenters. The number of nitrogens with two attached hydrogens (primary N) is 2. The van der Waals surface area contributed by atoms with E-state index < -0.39 is 27.9 Å². The van der Waals surface area contributed by atoms with E-state index in [9.17, 15) is 17.6 Å². The first-order chi connectivity index (χ1) is 16.7. The van der Waals surface area contributed by atoms with Crippen LogP contribution < -0.4 is 16.2 Å². The lowest BCUT2D eigenvalue weighted by molar-refractivity contribution is 0.149. The smallest absolute Gasteiger partial charge is 0.437 e. The number of hydrogen-bond donors (Lipinski definition) is 2. The number of carbonyl (C=O) groups excluding carboxylic acids is 1. The molecule has 2 aromatic rings. The third-order valence-corrected chi connectivity index (χ3v) is 8.32. The van der Waals surface area contributed by atoms with Gasteiger partial charge in [-0.3, -0.25) is 0 Å². The fraction of sp³-hybridized carbons (Fsp3) is 0.455. The molecule has 11 nitrogen and oxygen atoms in total. The zero-order valence-electron chi connectivity index (χ0n) is 19.0. The van der Waals surface area contributed by atoms with E-state index in [1.807, 2.05) is 0 Å². The minimum atomic E-state index is -3.13. The lowest BCUT2D eigenvalue weighted by atomic mass is 9.99. The van der Waals surface area contributed by atoms with Crippen molar-refractivity contribution in [2.75, 3.05) is 19.7 Å².